The highest BCUT2D eigenvalue weighted by atomic mass is 16.2. The van der Waals surface area contributed by atoms with Crippen LogP contribution in [0.25, 0.3) is 0 Å². The van der Waals surface area contributed by atoms with Crippen LogP contribution in [0.1, 0.15) is 32.8 Å². The lowest BCUT2D eigenvalue weighted by Gasteiger charge is -2.34. The van der Waals surface area contributed by atoms with E-state index in [2.05, 4.69) is 6.92 Å². The molecule has 1 aliphatic rings. The van der Waals surface area contributed by atoms with Crippen LogP contribution in [0, 0.1) is 0 Å². The van der Waals surface area contributed by atoms with Crippen LogP contribution < -0.4 is 4.90 Å². The van der Waals surface area contributed by atoms with Gasteiger partial charge in [0.15, 0.2) is 0 Å². The molecule has 2 rings (SSSR count). The maximum atomic E-state index is 12.5. The molecule has 6 nitrogen and oxygen atoms in total. The Balaban J connectivity index is 1.96. The fraction of sp³-hybridized carbons (Fsp3) is 0.526. The Morgan fingerprint density at radius 1 is 1.00 bits per heavy atom. The van der Waals surface area contributed by atoms with E-state index in [-0.39, 0.29) is 24.1 Å². The Morgan fingerprint density at radius 3 is 2.16 bits per heavy atom. The first-order chi connectivity index (χ1) is 11.9. The fourth-order valence-electron chi connectivity index (χ4n) is 3.16. The van der Waals surface area contributed by atoms with Crippen LogP contribution in [0.3, 0.4) is 0 Å². The molecule has 0 saturated carbocycles. The van der Waals surface area contributed by atoms with Crippen LogP contribution in [0.5, 0.6) is 0 Å². The number of rotatable bonds is 5. The zero-order valence-electron chi connectivity index (χ0n) is 15.3. The van der Waals surface area contributed by atoms with Crippen molar-refractivity contribution in [1.29, 1.82) is 0 Å². The number of para-hydroxylation sites is 1. The average Bonchev–Trinajstić information content (AvgIpc) is 2.61. The SMILES string of the molecule is CCc1ccccc1N(CCC(=O)N1CCN(C(C)=O)CC1)C(C)=O. The van der Waals surface area contributed by atoms with Gasteiger partial charge in [0, 0.05) is 58.7 Å². The predicted octanol–water partition coefficient (Wildman–Crippen LogP) is 1.68. The number of carbonyl (C=O) groups excluding carboxylic acids is 3. The zero-order valence-corrected chi connectivity index (χ0v) is 15.3. The van der Waals surface area contributed by atoms with Crippen molar-refractivity contribution in [2.75, 3.05) is 37.6 Å². The first kappa shape index (κ1) is 19.0. The Bertz CT molecular complexity index is 637. The predicted molar refractivity (Wildman–Crippen MR) is 97.3 cm³/mol. The largest absolute Gasteiger partial charge is 0.339 e. The van der Waals surface area contributed by atoms with Crippen molar-refractivity contribution in [1.82, 2.24) is 9.80 Å². The van der Waals surface area contributed by atoms with Crippen molar-refractivity contribution in [3.05, 3.63) is 29.8 Å². The van der Waals surface area contributed by atoms with Crippen LogP contribution in [0.15, 0.2) is 24.3 Å². The maximum Gasteiger partial charge on any atom is 0.224 e. The molecular weight excluding hydrogens is 318 g/mol. The minimum Gasteiger partial charge on any atom is -0.339 e. The number of amides is 3. The molecule has 0 bridgehead atoms. The quantitative estimate of drug-likeness (QED) is 0.816. The van der Waals surface area contributed by atoms with Gasteiger partial charge in [-0.3, -0.25) is 14.4 Å². The van der Waals surface area contributed by atoms with Crippen LogP contribution >= 0.6 is 0 Å². The number of nitrogens with zero attached hydrogens (tertiary/aromatic N) is 3. The highest BCUT2D eigenvalue weighted by Gasteiger charge is 2.23. The second-order valence-electron chi connectivity index (χ2n) is 6.29. The molecule has 1 aromatic rings. The normalized spacial score (nSPS) is 14.4. The topological polar surface area (TPSA) is 60.9 Å². The molecule has 0 N–H and O–H groups in total. The summed E-state index contributed by atoms with van der Waals surface area (Å²) in [5.41, 5.74) is 1.98. The van der Waals surface area contributed by atoms with Crippen LogP contribution in [-0.2, 0) is 20.8 Å². The second-order valence-corrected chi connectivity index (χ2v) is 6.29. The van der Waals surface area contributed by atoms with Crippen LogP contribution in [0.4, 0.5) is 5.69 Å². The van der Waals surface area contributed by atoms with E-state index in [0.717, 1.165) is 17.7 Å². The van der Waals surface area contributed by atoms with E-state index in [4.69, 9.17) is 0 Å². The Morgan fingerprint density at radius 2 is 1.60 bits per heavy atom. The summed E-state index contributed by atoms with van der Waals surface area (Å²) >= 11 is 0. The molecular formula is C19H27N3O3. The van der Waals surface area contributed by atoms with E-state index in [1.54, 1.807) is 21.6 Å². The van der Waals surface area contributed by atoms with Gasteiger partial charge in [-0.25, -0.2) is 0 Å². The summed E-state index contributed by atoms with van der Waals surface area (Å²) in [6, 6.07) is 7.80. The highest BCUT2D eigenvalue weighted by molar-refractivity contribution is 5.93. The second kappa shape index (κ2) is 8.65. The molecule has 0 atom stereocenters. The third-order valence-corrected chi connectivity index (χ3v) is 4.67. The number of carbonyl (C=O) groups is 3. The van der Waals surface area contributed by atoms with Gasteiger partial charge in [-0.2, -0.15) is 0 Å². The molecule has 0 aliphatic carbocycles. The summed E-state index contributed by atoms with van der Waals surface area (Å²) < 4.78 is 0. The van der Waals surface area contributed by atoms with Gasteiger partial charge in [-0.15, -0.1) is 0 Å². The Hall–Kier alpha value is -2.37. The van der Waals surface area contributed by atoms with Gasteiger partial charge in [0.2, 0.25) is 17.7 Å². The summed E-state index contributed by atoms with van der Waals surface area (Å²) in [6.45, 7) is 7.78. The first-order valence-corrected chi connectivity index (χ1v) is 8.83. The van der Waals surface area contributed by atoms with E-state index >= 15 is 0 Å². The molecule has 1 aliphatic heterocycles. The van der Waals surface area contributed by atoms with Crippen molar-refractivity contribution in [3.8, 4) is 0 Å². The number of piperazine rings is 1. The summed E-state index contributed by atoms with van der Waals surface area (Å²) in [5.74, 6) is 0.0181. The average molecular weight is 345 g/mol. The first-order valence-electron chi connectivity index (χ1n) is 8.83. The van der Waals surface area contributed by atoms with Crippen molar-refractivity contribution in [3.63, 3.8) is 0 Å². The van der Waals surface area contributed by atoms with E-state index in [1.165, 1.54) is 6.92 Å². The van der Waals surface area contributed by atoms with Gasteiger partial charge in [-0.05, 0) is 18.1 Å². The van der Waals surface area contributed by atoms with E-state index in [1.807, 2.05) is 24.3 Å². The molecule has 1 fully saturated rings. The minimum atomic E-state index is -0.0601. The molecule has 6 heteroatoms. The fourth-order valence-corrected chi connectivity index (χ4v) is 3.16. The van der Waals surface area contributed by atoms with E-state index in [9.17, 15) is 14.4 Å². The molecule has 0 radical (unpaired) electrons. The monoisotopic (exact) mass is 345 g/mol. The smallest absolute Gasteiger partial charge is 0.224 e. The molecule has 136 valence electrons. The summed E-state index contributed by atoms with van der Waals surface area (Å²) in [6.07, 6.45) is 1.12. The molecule has 0 unspecified atom stereocenters. The standard InChI is InChI=1S/C19H27N3O3/c1-4-17-7-5-6-8-18(17)22(16(3)24)10-9-19(25)21-13-11-20(12-14-21)15(2)23/h5-8H,4,9-14H2,1-3H3. The third kappa shape index (κ3) is 4.81. The lowest BCUT2D eigenvalue weighted by molar-refractivity contribution is -0.138. The van der Waals surface area contributed by atoms with Crippen molar-refractivity contribution < 1.29 is 14.4 Å². The molecule has 1 saturated heterocycles. The van der Waals surface area contributed by atoms with E-state index in [0.29, 0.717) is 32.7 Å². The minimum absolute atomic E-state index is 0.0310. The Labute approximate surface area is 149 Å². The van der Waals surface area contributed by atoms with Gasteiger partial charge in [-0.1, -0.05) is 25.1 Å². The molecule has 0 aromatic heterocycles. The van der Waals surface area contributed by atoms with Gasteiger partial charge in [0.25, 0.3) is 0 Å². The number of anilines is 1. The molecule has 25 heavy (non-hydrogen) atoms. The molecule has 1 aromatic carbocycles. The van der Waals surface area contributed by atoms with E-state index < -0.39 is 0 Å². The molecule has 1 heterocycles. The number of benzene rings is 1. The summed E-state index contributed by atoms with van der Waals surface area (Å²) in [5, 5.41) is 0. The third-order valence-electron chi connectivity index (χ3n) is 4.67. The summed E-state index contributed by atoms with van der Waals surface area (Å²) in [4.78, 5) is 41.1. The number of aryl methyl sites for hydroxylation is 1. The highest BCUT2D eigenvalue weighted by Crippen LogP contribution is 2.21. The van der Waals surface area contributed by atoms with Crippen molar-refractivity contribution in [2.24, 2.45) is 0 Å². The van der Waals surface area contributed by atoms with Gasteiger partial charge in [0.05, 0.1) is 0 Å². The maximum absolute atomic E-state index is 12.5. The summed E-state index contributed by atoms with van der Waals surface area (Å²) in [7, 11) is 0. The lowest BCUT2D eigenvalue weighted by atomic mass is 10.1. The number of hydrogen-bond donors (Lipinski definition) is 0. The lowest BCUT2D eigenvalue weighted by Crippen LogP contribution is -2.50. The molecule has 3 amide bonds. The molecule has 0 spiro atoms. The zero-order chi connectivity index (χ0) is 18.4. The van der Waals surface area contributed by atoms with Crippen LogP contribution in [-0.4, -0.2) is 60.2 Å². The van der Waals surface area contributed by atoms with Crippen LogP contribution in [0.2, 0.25) is 0 Å². The van der Waals surface area contributed by atoms with Gasteiger partial charge >= 0.3 is 0 Å². The van der Waals surface area contributed by atoms with Crippen molar-refractivity contribution in [2.45, 2.75) is 33.6 Å². The Kier molecular flexibility index (Phi) is 6.56. The van der Waals surface area contributed by atoms with Gasteiger partial charge in [0.1, 0.15) is 0 Å². The van der Waals surface area contributed by atoms with Gasteiger partial charge < -0.3 is 14.7 Å². The van der Waals surface area contributed by atoms with Crippen molar-refractivity contribution >= 4 is 23.4 Å². The number of hydrogen-bond acceptors (Lipinski definition) is 3.